The van der Waals surface area contributed by atoms with Crippen molar-refractivity contribution in [3.8, 4) is 0 Å². The Morgan fingerprint density at radius 1 is 1.11 bits per heavy atom. The molecule has 7 heteroatoms. The van der Waals surface area contributed by atoms with Crippen molar-refractivity contribution in [1.29, 1.82) is 0 Å². The van der Waals surface area contributed by atoms with Gasteiger partial charge in [0, 0.05) is 52.9 Å². The first-order chi connectivity index (χ1) is 13.3. The third-order valence-corrected chi connectivity index (χ3v) is 5.34. The molecule has 2 saturated heterocycles. The molecule has 0 unspecified atom stereocenters. The molecule has 2 fully saturated rings. The molecule has 0 atom stereocenters. The van der Waals surface area contributed by atoms with E-state index in [1.54, 1.807) is 0 Å². The number of hydrogen-bond donors (Lipinski definition) is 1. The van der Waals surface area contributed by atoms with E-state index in [1.165, 1.54) is 11.1 Å². The number of piperidine rings is 1. The zero-order valence-electron chi connectivity index (χ0n) is 17.2. The predicted octanol–water partition coefficient (Wildman–Crippen LogP) is 2.71. The molecule has 1 aromatic carbocycles. The quantitative estimate of drug-likeness (QED) is 0.369. The van der Waals surface area contributed by atoms with Crippen LogP contribution in [0.4, 0.5) is 0 Å². The number of hydrogen-bond acceptors (Lipinski definition) is 4. The summed E-state index contributed by atoms with van der Waals surface area (Å²) in [6, 6.07) is 8.92. The van der Waals surface area contributed by atoms with Crippen molar-refractivity contribution in [2.75, 3.05) is 53.0 Å². The lowest BCUT2D eigenvalue weighted by Crippen LogP contribution is -2.46. The molecule has 2 aliphatic heterocycles. The molecule has 2 aliphatic rings. The third-order valence-electron chi connectivity index (χ3n) is 5.34. The van der Waals surface area contributed by atoms with Gasteiger partial charge in [0.15, 0.2) is 5.96 Å². The lowest BCUT2D eigenvalue weighted by Gasteiger charge is -2.34. The Kier molecular flexibility index (Phi) is 10.5. The summed E-state index contributed by atoms with van der Waals surface area (Å²) < 4.78 is 11.2. The molecule has 2 heterocycles. The minimum absolute atomic E-state index is 0. The van der Waals surface area contributed by atoms with Crippen LogP contribution in [0, 0.1) is 0 Å². The maximum absolute atomic E-state index is 5.74. The highest BCUT2D eigenvalue weighted by atomic mass is 127. The number of halogens is 1. The maximum Gasteiger partial charge on any atom is 0.193 e. The second-order valence-corrected chi connectivity index (χ2v) is 7.25. The van der Waals surface area contributed by atoms with Crippen LogP contribution in [0.2, 0.25) is 0 Å². The molecule has 28 heavy (non-hydrogen) atoms. The number of benzene rings is 1. The third kappa shape index (κ3) is 7.17. The van der Waals surface area contributed by atoms with Gasteiger partial charge in [0.25, 0.3) is 0 Å². The van der Waals surface area contributed by atoms with Crippen molar-refractivity contribution in [2.24, 2.45) is 4.99 Å². The number of guanidine groups is 1. The summed E-state index contributed by atoms with van der Waals surface area (Å²) in [5, 5.41) is 3.51. The smallest absolute Gasteiger partial charge is 0.193 e. The zero-order chi connectivity index (χ0) is 18.9. The van der Waals surface area contributed by atoms with Gasteiger partial charge >= 0.3 is 0 Å². The number of likely N-dealkylation sites (tertiary alicyclic amines) is 1. The highest BCUT2D eigenvalue weighted by molar-refractivity contribution is 14.0. The summed E-state index contributed by atoms with van der Waals surface area (Å²) in [6.07, 6.45) is 2.55. The minimum atomic E-state index is 0. The first kappa shape index (κ1) is 23.4. The largest absolute Gasteiger partial charge is 0.379 e. The lowest BCUT2D eigenvalue weighted by atomic mass is 10.1. The number of nitrogens with one attached hydrogen (secondary N) is 1. The summed E-state index contributed by atoms with van der Waals surface area (Å²) in [6.45, 7) is 10.4. The predicted molar refractivity (Wildman–Crippen MR) is 124 cm³/mol. The number of ether oxygens (including phenoxy) is 2. The van der Waals surface area contributed by atoms with Crippen molar-refractivity contribution in [3.05, 3.63) is 35.4 Å². The van der Waals surface area contributed by atoms with Gasteiger partial charge in [-0.25, -0.2) is 0 Å². The first-order valence-electron chi connectivity index (χ1n) is 10.2. The van der Waals surface area contributed by atoms with Gasteiger partial charge in [-0.2, -0.15) is 0 Å². The summed E-state index contributed by atoms with van der Waals surface area (Å²) in [7, 11) is 1.86. The number of morpholine rings is 1. The van der Waals surface area contributed by atoms with Gasteiger partial charge in [-0.3, -0.25) is 9.89 Å². The molecule has 3 rings (SSSR count). The van der Waals surface area contributed by atoms with Crippen LogP contribution in [-0.2, 0) is 22.6 Å². The van der Waals surface area contributed by atoms with Crippen LogP contribution in [0.5, 0.6) is 0 Å². The van der Waals surface area contributed by atoms with Crippen LogP contribution in [-0.4, -0.2) is 74.9 Å². The van der Waals surface area contributed by atoms with E-state index < -0.39 is 0 Å². The van der Waals surface area contributed by atoms with Gasteiger partial charge in [0.1, 0.15) is 0 Å². The standard InChI is InChI=1S/C21H34N4O2.HI/c1-3-27-20-8-10-25(11-9-20)21(22-2)23-16-18-4-6-19(7-5-18)17-24-12-14-26-15-13-24;/h4-7,20H,3,8-17H2,1-2H3,(H,22,23);1H. The summed E-state index contributed by atoms with van der Waals surface area (Å²) >= 11 is 0. The average Bonchev–Trinajstić information content (AvgIpc) is 2.72. The van der Waals surface area contributed by atoms with E-state index in [2.05, 4.69) is 51.3 Å². The Labute approximate surface area is 186 Å². The Balaban J connectivity index is 0.00000280. The Bertz CT molecular complexity index is 583. The normalized spacial score (nSPS) is 19.4. The van der Waals surface area contributed by atoms with E-state index in [9.17, 15) is 0 Å². The van der Waals surface area contributed by atoms with Gasteiger partial charge in [-0.1, -0.05) is 24.3 Å². The first-order valence-corrected chi connectivity index (χ1v) is 10.2. The van der Waals surface area contributed by atoms with Crippen molar-refractivity contribution in [2.45, 2.75) is 39.0 Å². The van der Waals surface area contributed by atoms with E-state index in [-0.39, 0.29) is 24.0 Å². The van der Waals surface area contributed by atoms with Crippen molar-refractivity contribution >= 4 is 29.9 Å². The van der Waals surface area contributed by atoms with Crippen molar-refractivity contribution in [1.82, 2.24) is 15.1 Å². The highest BCUT2D eigenvalue weighted by Crippen LogP contribution is 2.14. The molecule has 0 bridgehead atoms. The molecule has 0 radical (unpaired) electrons. The molecular formula is C21H35IN4O2. The van der Waals surface area contributed by atoms with Gasteiger partial charge in [-0.05, 0) is 30.9 Å². The Morgan fingerprint density at radius 3 is 2.36 bits per heavy atom. The second-order valence-electron chi connectivity index (χ2n) is 7.25. The van der Waals surface area contributed by atoms with Crippen LogP contribution in [0.25, 0.3) is 0 Å². The van der Waals surface area contributed by atoms with Crippen LogP contribution in [0.15, 0.2) is 29.3 Å². The molecular weight excluding hydrogens is 467 g/mol. The van der Waals surface area contributed by atoms with E-state index in [0.29, 0.717) is 6.10 Å². The Morgan fingerprint density at radius 2 is 1.75 bits per heavy atom. The number of nitrogens with zero attached hydrogens (tertiary/aromatic N) is 3. The molecule has 158 valence electrons. The lowest BCUT2D eigenvalue weighted by molar-refractivity contribution is 0.0263. The van der Waals surface area contributed by atoms with Gasteiger partial charge in [0.2, 0.25) is 0 Å². The van der Waals surface area contributed by atoms with Gasteiger partial charge < -0.3 is 19.7 Å². The summed E-state index contributed by atoms with van der Waals surface area (Å²) in [5.41, 5.74) is 2.65. The van der Waals surface area contributed by atoms with E-state index >= 15 is 0 Å². The van der Waals surface area contributed by atoms with E-state index in [4.69, 9.17) is 9.47 Å². The average molecular weight is 502 g/mol. The molecule has 6 nitrogen and oxygen atoms in total. The van der Waals surface area contributed by atoms with Crippen LogP contribution in [0.3, 0.4) is 0 Å². The van der Waals surface area contributed by atoms with Crippen LogP contribution in [0.1, 0.15) is 30.9 Å². The highest BCUT2D eigenvalue weighted by Gasteiger charge is 2.21. The molecule has 0 spiro atoms. The topological polar surface area (TPSA) is 49.3 Å². The second kappa shape index (κ2) is 12.6. The van der Waals surface area contributed by atoms with E-state index in [0.717, 1.165) is 77.9 Å². The SMILES string of the molecule is CCOC1CCN(C(=NC)NCc2ccc(CN3CCOCC3)cc2)CC1.I. The fourth-order valence-electron chi connectivity index (χ4n) is 3.76. The summed E-state index contributed by atoms with van der Waals surface area (Å²) in [5.74, 6) is 0.988. The zero-order valence-corrected chi connectivity index (χ0v) is 19.6. The van der Waals surface area contributed by atoms with Crippen molar-refractivity contribution in [3.63, 3.8) is 0 Å². The van der Waals surface area contributed by atoms with Crippen molar-refractivity contribution < 1.29 is 9.47 Å². The van der Waals surface area contributed by atoms with E-state index in [1.807, 2.05) is 7.05 Å². The van der Waals surface area contributed by atoms with Crippen LogP contribution < -0.4 is 5.32 Å². The monoisotopic (exact) mass is 502 g/mol. The summed E-state index contributed by atoms with van der Waals surface area (Å²) in [4.78, 5) is 9.25. The fraction of sp³-hybridized carbons (Fsp3) is 0.667. The van der Waals surface area contributed by atoms with Gasteiger partial charge in [0.05, 0.1) is 19.3 Å². The molecule has 0 amide bonds. The molecule has 1 aromatic rings. The number of rotatable bonds is 6. The maximum atomic E-state index is 5.74. The fourth-order valence-corrected chi connectivity index (χ4v) is 3.76. The molecule has 0 aromatic heterocycles. The molecule has 0 saturated carbocycles. The Hall–Kier alpha value is -0.900. The molecule has 0 aliphatic carbocycles. The molecule has 1 N–H and O–H groups in total. The number of aliphatic imine (C=N–C) groups is 1. The minimum Gasteiger partial charge on any atom is -0.379 e. The van der Waals surface area contributed by atoms with Gasteiger partial charge in [-0.15, -0.1) is 24.0 Å². The van der Waals surface area contributed by atoms with Crippen LogP contribution >= 0.6 is 24.0 Å².